The van der Waals surface area contributed by atoms with Gasteiger partial charge >= 0.3 is 0 Å². The quantitative estimate of drug-likeness (QED) is 0.554. The van der Waals surface area contributed by atoms with Crippen LogP contribution in [0.1, 0.15) is 19.8 Å². The first-order chi connectivity index (χ1) is 6.31. The molecule has 0 saturated carbocycles. The standard InChI is InChI=1S/C10H23NO2/c1-10(9-11-2)5-8-13-7-4-6-12-3/h10-11H,4-9H2,1-3H3. The second kappa shape index (κ2) is 9.96. The van der Waals surface area contributed by atoms with E-state index in [0.717, 1.165) is 39.2 Å². The van der Waals surface area contributed by atoms with Crippen molar-refractivity contribution in [1.82, 2.24) is 5.32 Å². The molecule has 1 N–H and O–H groups in total. The lowest BCUT2D eigenvalue weighted by Gasteiger charge is -2.10. The summed E-state index contributed by atoms with van der Waals surface area (Å²) < 4.78 is 10.4. The van der Waals surface area contributed by atoms with Gasteiger partial charge < -0.3 is 14.8 Å². The average Bonchev–Trinajstić information content (AvgIpc) is 2.11. The third kappa shape index (κ3) is 9.80. The van der Waals surface area contributed by atoms with E-state index in [4.69, 9.17) is 9.47 Å². The van der Waals surface area contributed by atoms with Gasteiger partial charge in [-0.25, -0.2) is 0 Å². The van der Waals surface area contributed by atoms with Gasteiger partial charge in [-0.2, -0.15) is 0 Å². The second-order valence-corrected chi connectivity index (χ2v) is 3.41. The highest BCUT2D eigenvalue weighted by Gasteiger charge is 1.99. The van der Waals surface area contributed by atoms with E-state index in [-0.39, 0.29) is 0 Å². The molecule has 0 aliphatic carbocycles. The van der Waals surface area contributed by atoms with Gasteiger partial charge in [0.2, 0.25) is 0 Å². The van der Waals surface area contributed by atoms with E-state index >= 15 is 0 Å². The molecule has 0 aliphatic rings. The number of hydrogen-bond donors (Lipinski definition) is 1. The van der Waals surface area contributed by atoms with E-state index in [1.54, 1.807) is 7.11 Å². The van der Waals surface area contributed by atoms with Crippen LogP contribution in [0.3, 0.4) is 0 Å². The van der Waals surface area contributed by atoms with Crippen LogP contribution in [0.5, 0.6) is 0 Å². The minimum Gasteiger partial charge on any atom is -0.385 e. The highest BCUT2D eigenvalue weighted by molar-refractivity contribution is 4.53. The van der Waals surface area contributed by atoms with Crippen molar-refractivity contribution >= 4 is 0 Å². The molecule has 0 amide bonds. The van der Waals surface area contributed by atoms with E-state index in [9.17, 15) is 0 Å². The highest BCUT2D eigenvalue weighted by Crippen LogP contribution is 1.99. The van der Waals surface area contributed by atoms with Gasteiger partial charge in [-0.05, 0) is 32.4 Å². The van der Waals surface area contributed by atoms with Crippen LogP contribution in [0.15, 0.2) is 0 Å². The smallest absolute Gasteiger partial charge is 0.0487 e. The molecule has 0 saturated heterocycles. The van der Waals surface area contributed by atoms with Gasteiger partial charge in [0.15, 0.2) is 0 Å². The van der Waals surface area contributed by atoms with Gasteiger partial charge in [0, 0.05) is 26.9 Å². The normalized spacial score (nSPS) is 13.2. The molecule has 0 aromatic rings. The highest BCUT2D eigenvalue weighted by atomic mass is 16.5. The molecule has 3 heteroatoms. The maximum Gasteiger partial charge on any atom is 0.0487 e. The summed E-state index contributed by atoms with van der Waals surface area (Å²) in [6.07, 6.45) is 2.13. The summed E-state index contributed by atoms with van der Waals surface area (Å²) in [7, 11) is 3.70. The molecule has 0 radical (unpaired) electrons. The summed E-state index contributed by atoms with van der Waals surface area (Å²) in [6, 6.07) is 0. The first-order valence-electron chi connectivity index (χ1n) is 5.02. The van der Waals surface area contributed by atoms with Crippen LogP contribution in [-0.2, 0) is 9.47 Å². The number of rotatable bonds is 9. The van der Waals surface area contributed by atoms with Crippen molar-refractivity contribution in [2.45, 2.75) is 19.8 Å². The van der Waals surface area contributed by atoms with Crippen LogP contribution in [-0.4, -0.2) is 40.5 Å². The summed E-state index contributed by atoms with van der Waals surface area (Å²) >= 11 is 0. The number of hydrogen-bond acceptors (Lipinski definition) is 3. The third-order valence-electron chi connectivity index (χ3n) is 1.94. The van der Waals surface area contributed by atoms with Crippen LogP contribution in [0.2, 0.25) is 0 Å². The van der Waals surface area contributed by atoms with E-state index < -0.39 is 0 Å². The molecule has 0 rings (SSSR count). The van der Waals surface area contributed by atoms with Gasteiger partial charge in [0.05, 0.1) is 0 Å². The molecule has 1 unspecified atom stereocenters. The molecule has 0 bridgehead atoms. The van der Waals surface area contributed by atoms with Crippen LogP contribution < -0.4 is 5.32 Å². The molecular formula is C10H23NO2. The lowest BCUT2D eigenvalue weighted by Crippen LogP contribution is -2.17. The van der Waals surface area contributed by atoms with E-state index in [2.05, 4.69) is 12.2 Å². The molecule has 13 heavy (non-hydrogen) atoms. The summed E-state index contributed by atoms with van der Waals surface area (Å²) in [5, 5.41) is 3.15. The molecule has 0 spiro atoms. The van der Waals surface area contributed by atoms with E-state index in [1.807, 2.05) is 7.05 Å². The molecule has 0 aromatic heterocycles. The van der Waals surface area contributed by atoms with Crippen molar-refractivity contribution in [3.05, 3.63) is 0 Å². The zero-order valence-electron chi connectivity index (χ0n) is 9.14. The lowest BCUT2D eigenvalue weighted by molar-refractivity contribution is 0.0950. The second-order valence-electron chi connectivity index (χ2n) is 3.41. The van der Waals surface area contributed by atoms with Crippen LogP contribution in [0, 0.1) is 5.92 Å². The predicted octanol–water partition coefficient (Wildman–Crippen LogP) is 1.29. The van der Waals surface area contributed by atoms with Crippen LogP contribution in [0.4, 0.5) is 0 Å². The van der Waals surface area contributed by atoms with Gasteiger partial charge in [0.1, 0.15) is 0 Å². The van der Waals surface area contributed by atoms with Crippen molar-refractivity contribution in [3.63, 3.8) is 0 Å². The lowest BCUT2D eigenvalue weighted by atomic mass is 10.1. The number of methoxy groups -OCH3 is 1. The Hall–Kier alpha value is -0.120. The minimum absolute atomic E-state index is 0.701. The Morgan fingerprint density at radius 1 is 1.23 bits per heavy atom. The summed E-state index contributed by atoms with van der Waals surface area (Å²) in [4.78, 5) is 0. The maximum atomic E-state index is 5.44. The number of ether oxygens (including phenoxy) is 2. The van der Waals surface area contributed by atoms with E-state index in [0.29, 0.717) is 5.92 Å². The zero-order chi connectivity index (χ0) is 9.94. The summed E-state index contributed by atoms with van der Waals surface area (Å²) in [6.45, 7) is 5.79. The monoisotopic (exact) mass is 189 g/mol. The Morgan fingerprint density at radius 2 is 2.00 bits per heavy atom. The van der Waals surface area contributed by atoms with Crippen molar-refractivity contribution < 1.29 is 9.47 Å². The molecule has 1 atom stereocenters. The largest absolute Gasteiger partial charge is 0.385 e. The number of nitrogens with one attached hydrogen (secondary N) is 1. The summed E-state index contributed by atoms with van der Waals surface area (Å²) in [5.74, 6) is 0.701. The van der Waals surface area contributed by atoms with Gasteiger partial charge in [0.25, 0.3) is 0 Å². The third-order valence-corrected chi connectivity index (χ3v) is 1.94. The van der Waals surface area contributed by atoms with Crippen molar-refractivity contribution in [3.8, 4) is 0 Å². The van der Waals surface area contributed by atoms with E-state index in [1.165, 1.54) is 0 Å². The first kappa shape index (κ1) is 12.9. The molecule has 0 heterocycles. The van der Waals surface area contributed by atoms with Crippen molar-refractivity contribution in [2.75, 3.05) is 40.5 Å². The van der Waals surface area contributed by atoms with Crippen LogP contribution in [0.25, 0.3) is 0 Å². The fraction of sp³-hybridized carbons (Fsp3) is 1.00. The predicted molar refractivity (Wildman–Crippen MR) is 55.0 cm³/mol. The maximum absolute atomic E-state index is 5.44. The topological polar surface area (TPSA) is 30.5 Å². The Labute approximate surface area is 81.8 Å². The molecule has 0 aliphatic heterocycles. The molecular weight excluding hydrogens is 166 g/mol. The average molecular weight is 189 g/mol. The Bertz CT molecular complexity index is 98.9. The van der Waals surface area contributed by atoms with Crippen molar-refractivity contribution in [1.29, 1.82) is 0 Å². The molecule has 80 valence electrons. The fourth-order valence-electron chi connectivity index (χ4n) is 1.14. The molecule has 0 aromatic carbocycles. The Balaban J connectivity index is 2.97. The van der Waals surface area contributed by atoms with Gasteiger partial charge in [-0.3, -0.25) is 0 Å². The molecule has 3 nitrogen and oxygen atoms in total. The first-order valence-corrected chi connectivity index (χ1v) is 5.02. The van der Waals surface area contributed by atoms with Crippen molar-refractivity contribution in [2.24, 2.45) is 5.92 Å². The molecule has 0 fully saturated rings. The summed E-state index contributed by atoms with van der Waals surface area (Å²) in [5.41, 5.74) is 0. The fourth-order valence-corrected chi connectivity index (χ4v) is 1.14. The Kier molecular flexibility index (Phi) is 9.87. The van der Waals surface area contributed by atoms with Gasteiger partial charge in [-0.15, -0.1) is 0 Å². The zero-order valence-corrected chi connectivity index (χ0v) is 9.14. The SMILES string of the molecule is CNCC(C)CCOCCCOC. The van der Waals surface area contributed by atoms with Crippen LogP contribution >= 0.6 is 0 Å². The Morgan fingerprint density at radius 3 is 2.62 bits per heavy atom. The van der Waals surface area contributed by atoms with Gasteiger partial charge in [-0.1, -0.05) is 6.92 Å². The minimum atomic E-state index is 0.701.